The maximum absolute atomic E-state index is 13.5. The molecule has 0 radical (unpaired) electrons. The van der Waals surface area contributed by atoms with E-state index in [1.807, 2.05) is 12.3 Å². The number of para-hydroxylation sites is 1. The maximum atomic E-state index is 13.5. The zero-order valence-electron chi connectivity index (χ0n) is 9.24. The second-order valence-corrected chi connectivity index (χ2v) is 4.84. The number of aromatic nitrogens is 1. The molecule has 0 saturated carbocycles. The van der Waals surface area contributed by atoms with E-state index in [0.717, 1.165) is 10.7 Å². The number of hydrogen-bond donors (Lipinski definition) is 0. The lowest BCUT2D eigenvalue weighted by Crippen LogP contribution is -2.00. The van der Waals surface area contributed by atoms with Crippen LogP contribution < -0.4 is 4.74 Å². The summed E-state index contributed by atoms with van der Waals surface area (Å²) < 4.78 is 19.0. The normalized spacial score (nSPS) is 10.5. The van der Waals surface area contributed by atoms with Crippen LogP contribution in [-0.2, 0) is 12.5 Å². The van der Waals surface area contributed by atoms with E-state index in [2.05, 4.69) is 4.98 Å². The Morgan fingerprint density at radius 2 is 2.29 bits per heavy atom. The molecule has 0 aliphatic carbocycles. The van der Waals surface area contributed by atoms with Gasteiger partial charge in [0.1, 0.15) is 6.61 Å². The minimum Gasteiger partial charge on any atom is -0.484 e. The van der Waals surface area contributed by atoms with Gasteiger partial charge in [-0.1, -0.05) is 12.1 Å². The van der Waals surface area contributed by atoms with Crippen LogP contribution in [0, 0.1) is 12.7 Å². The van der Waals surface area contributed by atoms with E-state index < -0.39 is 5.82 Å². The molecular formula is C12H11ClFNOS. The molecule has 0 atom stereocenters. The molecule has 0 spiro atoms. The van der Waals surface area contributed by atoms with Gasteiger partial charge in [0.05, 0.1) is 16.6 Å². The van der Waals surface area contributed by atoms with E-state index in [1.165, 1.54) is 6.07 Å². The molecule has 17 heavy (non-hydrogen) atoms. The van der Waals surface area contributed by atoms with Crippen molar-refractivity contribution in [1.29, 1.82) is 0 Å². The van der Waals surface area contributed by atoms with Crippen molar-refractivity contribution in [3.63, 3.8) is 0 Å². The number of benzene rings is 1. The number of halogens is 2. The molecular weight excluding hydrogens is 261 g/mol. The summed E-state index contributed by atoms with van der Waals surface area (Å²) in [5.74, 6) is 0.0478. The quantitative estimate of drug-likeness (QED) is 0.787. The van der Waals surface area contributed by atoms with E-state index in [0.29, 0.717) is 5.56 Å². The lowest BCUT2D eigenvalue weighted by Gasteiger charge is -2.09. The summed E-state index contributed by atoms with van der Waals surface area (Å²) in [6, 6.07) is 4.72. The molecule has 1 aromatic heterocycles. The van der Waals surface area contributed by atoms with Crippen LogP contribution in [0.25, 0.3) is 0 Å². The van der Waals surface area contributed by atoms with E-state index in [1.54, 1.807) is 23.5 Å². The van der Waals surface area contributed by atoms with Crippen molar-refractivity contribution in [2.24, 2.45) is 0 Å². The minimum atomic E-state index is -0.393. The third-order valence-electron chi connectivity index (χ3n) is 2.22. The van der Waals surface area contributed by atoms with Crippen LogP contribution in [0.1, 0.15) is 16.3 Å². The first-order valence-electron chi connectivity index (χ1n) is 5.08. The summed E-state index contributed by atoms with van der Waals surface area (Å²) in [6.07, 6.45) is 0. The van der Waals surface area contributed by atoms with Crippen LogP contribution in [0.5, 0.6) is 5.75 Å². The van der Waals surface area contributed by atoms with Crippen molar-refractivity contribution in [2.75, 3.05) is 0 Å². The van der Waals surface area contributed by atoms with Gasteiger partial charge in [0.2, 0.25) is 0 Å². The highest BCUT2D eigenvalue weighted by molar-refractivity contribution is 7.09. The standard InChI is InChI=1S/C12H11ClFNOS/c1-8-15-10(7-17-8)6-16-12-9(5-13)3-2-4-11(12)14/h2-4,7H,5-6H2,1H3. The van der Waals surface area contributed by atoms with Crippen LogP contribution in [0.15, 0.2) is 23.6 Å². The number of nitrogens with zero attached hydrogens (tertiary/aromatic N) is 1. The smallest absolute Gasteiger partial charge is 0.165 e. The van der Waals surface area contributed by atoms with Crippen molar-refractivity contribution < 1.29 is 9.13 Å². The highest BCUT2D eigenvalue weighted by atomic mass is 35.5. The summed E-state index contributed by atoms with van der Waals surface area (Å²) in [4.78, 5) is 4.25. The van der Waals surface area contributed by atoms with E-state index >= 15 is 0 Å². The molecule has 5 heteroatoms. The number of hydrogen-bond acceptors (Lipinski definition) is 3. The molecule has 0 fully saturated rings. The summed E-state index contributed by atoms with van der Waals surface area (Å²) in [6.45, 7) is 2.18. The van der Waals surface area contributed by atoms with Gasteiger partial charge in [-0.05, 0) is 13.0 Å². The number of ether oxygens (including phenoxy) is 1. The lowest BCUT2D eigenvalue weighted by molar-refractivity contribution is 0.284. The Kier molecular flexibility index (Phi) is 3.97. The van der Waals surface area contributed by atoms with Crippen molar-refractivity contribution in [1.82, 2.24) is 4.98 Å². The maximum Gasteiger partial charge on any atom is 0.165 e. The van der Waals surface area contributed by atoms with E-state index in [-0.39, 0.29) is 18.2 Å². The predicted octanol–water partition coefficient (Wildman–Crippen LogP) is 3.91. The molecule has 90 valence electrons. The number of alkyl halides is 1. The molecule has 0 bridgehead atoms. The zero-order chi connectivity index (χ0) is 12.3. The average molecular weight is 272 g/mol. The molecule has 0 aliphatic heterocycles. The molecule has 0 N–H and O–H groups in total. The molecule has 2 rings (SSSR count). The largest absolute Gasteiger partial charge is 0.484 e. The summed E-state index contributed by atoms with van der Waals surface area (Å²) >= 11 is 7.27. The van der Waals surface area contributed by atoms with Gasteiger partial charge in [0, 0.05) is 10.9 Å². The van der Waals surface area contributed by atoms with Crippen LogP contribution in [-0.4, -0.2) is 4.98 Å². The summed E-state index contributed by atoms with van der Waals surface area (Å²) in [5, 5.41) is 2.87. The van der Waals surface area contributed by atoms with Crippen LogP contribution in [0.2, 0.25) is 0 Å². The van der Waals surface area contributed by atoms with E-state index in [9.17, 15) is 4.39 Å². The lowest BCUT2D eigenvalue weighted by atomic mass is 10.2. The number of aryl methyl sites for hydroxylation is 1. The fourth-order valence-electron chi connectivity index (χ4n) is 1.44. The third kappa shape index (κ3) is 2.96. The summed E-state index contributed by atoms with van der Waals surface area (Å²) in [5.41, 5.74) is 1.45. The Labute approximate surface area is 108 Å². The molecule has 1 heterocycles. The van der Waals surface area contributed by atoms with Gasteiger partial charge in [0.25, 0.3) is 0 Å². The van der Waals surface area contributed by atoms with Gasteiger partial charge in [-0.3, -0.25) is 0 Å². The fourth-order valence-corrected chi connectivity index (χ4v) is 2.25. The first-order chi connectivity index (χ1) is 8.20. The fraction of sp³-hybridized carbons (Fsp3) is 0.250. The predicted molar refractivity (Wildman–Crippen MR) is 67.1 cm³/mol. The zero-order valence-corrected chi connectivity index (χ0v) is 10.8. The number of thiazole rings is 1. The van der Waals surface area contributed by atoms with Gasteiger partial charge < -0.3 is 4.74 Å². The van der Waals surface area contributed by atoms with Crippen molar-refractivity contribution in [3.05, 3.63) is 45.7 Å². The SMILES string of the molecule is Cc1nc(COc2c(F)cccc2CCl)cs1. The Morgan fingerprint density at radius 1 is 1.47 bits per heavy atom. The van der Waals surface area contributed by atoms with Crippen LogP contribution >= 0.6 is 22.9 Å². The van der Waals surface area contributed by atoms with Gasteiger partial charge >= 0.3 is 0 Å². The molecule has 2 aromatic rings. The van der Waals surface area contributed by atoms with E-state index in [4.69, 9.17) is 16.3 Å². The van der Waals surface area contributed by atoms with Crippen molar-refractivity contribution in [2.45, 2.75) is 19.4 Å². The van der Waals surface area contributed by atoms with Crippen LogP contribution in [0.3, 0.4) is 0 Å². The third-order valence-corrected chi connectivity index (χ3v) is 3.33. The van der Waals surface area contributed by atoms with Crippen LogP contribution in [0.4, 0.5) is 4.39 Å². The first-order valence-corrected chi connectivity index (χ1v) is 6.49. The molecule has 2 nitrogen and oxygen atoms in total. The highest BCUT2D eigenvalue weighted by Gasteiger charge is 2.09. The van der Waals surface area contributed by atoms with Gasteiger partial charge in [0.15, 0.2) is 11.6 Å². The summed E-state index contributed by atoms with van der Waals surface area (Å²) in [7, 11) is 0. The second kappa shape index (κ2) is 5.47. The monoisotopic (exact) mass is 271 g/mol. The average Bonchev–Trinajstić information content (AvgIpc) is 2.73. The number of rotatable bonds is 4. The van der Waals surface area contributed by atoms with Gasteiger partial charge in [-0.15, -0.1) is 22.9 Å². The van der Waals surface area contributed by atoms with Gasteiger partial charge in [-0.2, -0.15) is 0 Å². The Bertz CT molecular complexity index is 515. The molecule has 0 saturated heterocycles. The minimum absolute atomic E-state index is 0.216. The van der Waals surface area contributed by atoms with Crippen molar-refractivity contribution in [3.8, 4) is 5.75 Å². The first kappa shape index (κ1) is 12.3. The second-order valence-electron chi connectivity index (χ2n) is 3.51. The Morgan fingerprint density at radius 3 is 2.94 bits per heavy atom. The molecule has 0 unspecified atom stereocenters. The Balaban J connectivity index is 2.13. The molecule has 1 aromatic carbocycles. The van der Waals surface area contributed by atoms with Crippen molar-refractivity contribution >= 4 is 22.9 Å². The highest BCUT2D eigenvalue weighted by Crippen LogP contribution is 2.25. The van der Waals surface area contributed by atoms with Gasteiger partial charge in [-0.25, -0.2) is 9.37 Å². The Hall–Kier alpha value is -1.13. The topological polar surface area (TPSA) is 22.1 Å². The molecule has 0 amide bonds. The molecule has 0 aliphatic rings.